The second kappa shape index (κ2) is 4.93. The van der Waals surface area contributed by atoms with Crippen molar-refractivity contribution in [3.63, 3.8) is 0 Å². The summed E-state index contributed by atoms with van der Waals surface area (Å²) >= 11 is 1.65. The molecule has 1 aromatic rings. The Bertz CT molecular complexity index is 345. The number of hydrogen-bond acceptors (Lipinski definition) is 5. The van der Waals surface area contributed by atoms with E-state index in [0.717, 1.165) is 17.8 Å². The number of hydrogen-bond donors (Lipinski definition) is 1. The Morgan fingerprint density at radius 3 is 2.94 bits per heavy atom. The van der Waals surface area contributed by atoms with E-state index in [2.05, 4.69) is 15.0 Å². The molecule has 4 nitrogen and oxygen atoms in total. The molecule has 0 radical (unpaired) electrons. The van der Waals surface area contributed by atoms with E-state index >= 15 is 0 Å². The molecule has 0 spiro atoms. The van der Waals surface area contributed by atoms with Gasteiger partial charge in [-0.2, -0.15) is 0 Å². The molecule has 0 aromatic carbocycles. The lowest BCUT2D eigenvalue weighted by atomic mass is 9.98. The second-order valence-electron chi connectivity index (χ2n) is 4.06. The van der Waals surface area contributed by atoms with E-state index in [4.69, 9.17) is 0 Å². The Kier molecular flexibility index (Phi) is 3.56. The topological polar surface area (TPSA) is 51.2 Å². The molecule has 0 saturated heterocycles. The van der Waals surface area contributed by atoms with Crippen molar-refractivity contribution < 1.29 is 9.53 Å². The number of nitrogens with zero attached hydrogens (tertiary/aromatic N) is 1. The van der Waals surface area contributed by atoms with Crippen molar-refractivity contribution in [2.24, 2.45) is 0 Å². The minimum Gasteiger partial charge on any atom is -0.468 e. The van der Waals surface area contributed by atoms with Gasteiger partial charge in [0.15, 0.2) is 0 Å². The van der Waals surface area contributed by atoms with Crippen LogP contribution in [0.15, 0.2) is 11.6 Å². The van der Waals surface area contributed by atoms with Crippen LogP contribution < -0.4 is 5.32 Å². The number of thiazole rings is 1. The molecule has 1 heterocycles. The molecule has 1 saturated carbocycles. The van der Waals surface area contributed by atoms with Gasteiger partial charge in [-0.05, 0) is 12.8 Å². The highest BCUT2D eigenvalue weighted by Gasteiger charge is 2.37. The quantitative estimate of drug-likeness (QED) is 0.813. The molecule has 16 heavy (non-hydrogen) atoms. The van der Waals surface area contributed by atoms with Crippen LogP contribution in [0.3, 0.4) is 0 Å². The number of nitrogens with one attached hydrogen (secondary N) is 1. The highest BCUT2D eigenvalue weighted by Crippen LogP contribution is 2.39. The van der Waals surface area contributed by atoms with Crippen LogP contribution in [0.4, 0.5) is 0 Å². The van der Waals surface area contributed by atoms with Gasteiger partial charge in [-0.15, -0.1) is 11.3 Å². The molecule has 5 heteroatoms. The van der Waals surface area contributed by atoms with E-state index in [1.54, 1.807) is 11.3 Å². The molecule has 88 valence electrons. The fraction of sp³-hybridized carbons (Fsp3) is 0.636. The van der Waals surface area contributed by atoms with Crippen LogP contribution >= 0.6 is 11.3 Å². The third-order valence-corrected chi connectivity index (χ3v) is 4.07. The molecule has 1 aromatic heterocycles. The lowest BCUT2D eigenvalue weighted by Crippen LogP contribution is -2.42. The van der Waals surface area contributed by atoms with Gasteiger partial charge in [0.1, 0.15) is 5.01 Å². The average Bonchev–Trinajstić information content (AvgIpc) is 2.96. The highest BCUT2D eigenvalue weighted by atomic mass is 32.1. The first-order chi connectivity index (χ1) is 7.77. The van der Waals surface area contributed by atoms with Gasteiger partial charge in [0.25, 0.3) is 0 Å². The molecule has 1 aliphatic rings. The summed E-state index contributed by atoms with van der Waals surface area (Å²) in [6.07, 6.45) is 6.30. The van der Waals surface area contributed by atoms with Crippen LogP contribution in [0.5, 0.6) is 0 Å². The lowest BCUT2D eigenvalue weighted by molar-refractivity contribution is -0.140. The number of esters is 1. The molecule has 0 aliphatic heterocycles. The molecular weight excluding hydrogens is 224 g/mol. The monoisotopic (exact) mass is 240 g/mol. The summed E-state index contributed by atoms with van der Waals surface area (Å²) in [5, 5.41) is 6.39. The third-order valence-electron chi connectivity index (χ3n) is 3.10. The standard InChI is InChI=1S/C11H16N2O2S/c1-15-9(14)8-13-11(4-2-3-5-11)10-12-6-7-16-10/h6-7,13H,2-5,8H2,1H3. The van der Waals surface area contributed by atoms with Crippen molar-refractivity contribution in [1.82, 2.24) is 10.3 Å². The van der Waals surface area contributed by atoms with E-state index in [1.807, 2.05) is 11.6 Å². The molecule has 1 N–H and O–H groups in total. The number of ether oxygens (including phenoxy) is 1. The van der Waals surface area contributed by atoms with Crippen LogP contribution in [0.2, 0.25) is 0 Å². The zero-order valence-corrected chi connectivity index (χ0v) is 10.2. The smallest absolute Gasteiger partial charge is 0.319 e. The molecule has 0 atom stereocenters. The minimum atomic E-state index is -0.220. The normalized spacial score (nSPS) is 18.6. The number of rotatable bonds is 4. The van der Waals surface area contributed by atoms with Crippen molar-refractivity contribution in [3.05, 3.63) is 16.6 Å². The van der Waals surface area contributed by atoms with E-state index in [-0.39, 0.29) is 18.1 Å². The molecule has 2 rings (SSSR count). The lowest BCUT2D eigenvalue weighted by Gasteiger charge is -2.27. The van der Waals surface area contributed by atoms with E-state index in [9.17, 15) is 4.79 Å². The van der Waals surface area contributed by atoms with E-state index < -0.39 is 0 Å². The highest BCUT2D eigenvalue weighted by molar-refractivity contribution is 7.09. The summed E-state index contributed by atoms with van der Waals surface area (Å²) in [4.78, 5) is 15.6. The maximum atomic E-state index is 11.2. The van der Waals surface area contributed by atoms with Crippen LogP contribution in [0, 0.1) is 0 Å². The van der Waals surface area contributed by atoms with Gasteiger partial charge in [-0.3, -0.25) is 10.1 Å². The van der Waals surface area contributed by atoms with E-state index in [0.29, 0.717) is 0 Å². The molecule has 1 aliphatic carbocycles. The van der Waals surface area contributed by atoms with Crippen LogP contribution in [0.25, 0.3) is 0 Å². The number of carbonyl (C=O) groups is 1. The largest absolute Gasteiger partial charge is 0.468 e. The van der Waals surface area contributed by atoms with Crippen LogP contribution in [-0.2, 0) is 15.1 Å². The first kappa shape index (κ1) is 11.5. The van der Waals surface area contributed by atoms with Gasteiger partial charge < -0.3 is 4.74 Å². The Morgan fingerprint density at radius 2 is 2.38 bits per heavy atom. The van der Waals surface area contributed by atoms with E-state index in [1.165, 1.54) is 20.0 Å². The van der Waals surface area contributed by atoms with Crippen LogP contribution in [-0.4, -0.2) is 24.6 Å². The minimum absolute atomic E-state index is 0.0949. The number of methoxy groups -OCH3 is 1. The fourth-order valence-corrected chi connectivity index (χ4v) is 3.09. The summed E-state index contributed by atoms with van der Waals surface area (Å²) in [5.74, 6) is -0.220. The molecule has 1 fully saturated rings. The predicted molar refractivity (Wildman–Crippen MR) is 62.3 cm³/mol. The zero-order chi connectivity index (χ0) is 11.4. The maximum Gasteiger partial charge on any atom is 0.319 e. The molecular formula is C11H16N2O2S. The van der Waals surface area contributed by atoms with Gasteiger partial charge in [-0.25, -0.2) is 4.98 Å². The van der Waals surface area contributed by atoms with Gasteiger partial charge in [-0.1, -0.05) is 12.8 Å². The fourth-order valence-electron chi connectivity index (χ4n) is 2.22. The Morgan fingerprint density at radius 1 is 1.62 bits per heavy atom. The van der Waals surface area contributed by atoms with Crippen molar-refractivity contribution >= 4 is 17.3 Å². The summed E-state index contributed by atoms with van der Waals surface area (Å²) in [5.41, 5.74) is -0.0949. The van der Waals surface area contributed by atoms with Crippen molar-refractivity contribution in [1.29, 1.82) is 0 Å². The maximum absolute atomic E-state index is 11.2. The summed E-state index contributed by atoms with van der Waals surface area (Å²) in [7, 11) is 1.41. The number of aromatic nitrogens is 1. The Hall–Kier alpha value is -0.940. The Labute approximate surface area is 99.0 Å². The molecule has 0 unspecified atom stereocenters. The average molecular weight is 240 g/mol. The predicted octanol–water partition coefficient (Wildman–Crippen LogP) is 1.67. The summed E-state index contributed by atoms with van der Waals surface area (Å²) in [6, 6.07) is 0. The van der Waals surface area contributed by atoms with Gasteiger partial charge in [0.05, 0.1) is 19.2 Å². The first-order valence-electron chi connectivity index (χ1n) is 5.49. The summed E-state index contributed by atoms with van der Waals surface area (Å²) in [6.45, 7) is 0.260. The van der Waals surface area contributed by atoms with Gasteiger partial charge in [0.2, 0.25) is 0 Å². The summed E-state index contributed by atoms with van der Waals surface area (Å²) < 4.78 is 4.65. The van der Waals surface area contributed by atoms with Crippen molar-refractivity contribution in [2.45, 2.75) is 31.2 Å². The Balaban J connectivity index is 2.08. The van der Waals surface area contributed by atoms with Crippen molar-refractivity contribution in [3.8, 4) is 0 Å². The van der Waals surface area contributed by atoms with Crippen molar-refractivity contribution in [2.75, 3.05) is 13.7 Å². The molecule has 0 bridgehead atoms. The van der Waals surface area contributed by atoms with Gasteiger partial charge >= 0.3 is 5.97 Å². The third kappa shape index (κ3) is 2.25. The zero-order valence-electron chi connectivity index (χ0n) is 9.36. The SMILES string of the molecule is COC(=O)CNC1(c2nccs2)CCCC1. The first-order valence-corrected chi connectivity index (χ1v) is 6.37. The van der Waals surface area contributed by atoms with Crippen LogP contribution in [0.1, 0.15) is 30.7 Å². The number of carbonyl (C=O) groups excluding carboxylic acids is 1. The molecule has 0 amide bonds. The van der Waals surface area contributed by atoms with Gasteiger partial charge in [0, 0.05) is 11.6 Å². The second-order valence-corrected chi connectivity index (χ2v) is 4.95.